The number of benzene rings is 2. The molecule has 0 saturated heterocycles. The highest BCUT2D eigenvalue weighted by molar-refractivity contribution is 9.11. The van der Waals surface area contributed by atoms with E-state index >= 15 is 0 Å². The second kappa shape index (κ2) is 5.87. The lowest BCUT2D eigenvalue weighted by molar-refractivity contribution is 0.479. The third-order valence-electron chi connectivity index (χ3n) is 1.96. The van der Waals surface area contributed by atoms with Gasteiger partial charge in [-0.2, -0.15) is 0 Å². The van der Waals surface area contributed by atoms with Crippen molar-refractivity contribution in [2.45, 2.75) is 0 Å². The van der Waals surface area contributed by atoms with Gasteiger partial charge in [0.05, 0.1) is 4.47 Å². The van der Waals surface area contributed by atoms with Gasteiger partial charge in [0.1, 0.15) is 11.5 Å². The van der Waals surface area contributed by atoms with Crippen LogP contribution in [0.3, 0.4) is 0 Å². The first-order valence-corrected chi connectivity index (χ1v) is 7.81. The largest absolute Gasteiger partial charge is 0.456 e. The van der Waals surface area contributed by atoms with Crippen molar-refractivity contribution in [2.24, 2.45) is 0 Å². The van der Waals surface area contributed by atoms with Gasteiger partial charge in [0, 0.05) is 13.4 Å². The van der Waals surface area contributed by atoms with E-state index in [-0.39, 0.29) is 0 Å². The minimum atomic E-state index is 0.772. The summed E-state index contributed by atoms with van der Waals surface area (Å²) in [6.45, 7) is 0. The van der Waals surface area contributed by atoms with Gasteiger partial charge in [-0.1, -0.05) is 47.8 Å². The lowest BCUT2D eigenvalue weighted by atomic mass is 10.3. The van der Waals surface area contributed by atoms with Crippen molar-refractivity contribution in [2.75, 3.05) is 0 Å². The van der Waals surface area contributed by atoms with E-state index in [9.17, 15) is 0 Å². The highest BCUT2D eigenvalue weighted by Gasteiger charge is 2.05. The molecule has 0 spiro atoms. The summed E-state index contributed by atoms with van der Waals surface area (Å²) < 4.78 is 9.65. The molecule has 0 atom stereocenters. The number of hydrogen-bond acceptors (Lipinski definition) is 1. The molecule has 0 unspecified atom stereocenters. The van der Waals surface area contributed by atoms with Gasteiger partial charge in [-0.05, 0) is 52.3 Å². The minimum absolute atomic E-state index is 0.772. The first kappa shape index (κ1) is 13.6. The molecule has 0 aliphatic heterocycles. The zero-order valence-corrected chi connectivity index (χ0v) is 14.7. The maximum Gasteiger partial charge on any atom is 0.141 e. The summed E-state index contributed by atoms with van der Waals surface area (Å²) in [5, 5.41) is 0. The zero-order valence-electron chi connectivity index (χ0n) is 8.38. The molecular formula is C12H6Br4O. The topological polar surface area (TPSA) is 9.23 Å². The molecule has 0 radical (unpaired) electrons. The second-order valence-corrected chi connectivity index (χ2v) is 6.88. The quantitative estimate of drug-likeness (QED) is 0.470. The van der Waals surface area contributed by atoms with E-state index in [1.54, 1.807) is 0 Å². The van der Waals surface area contributed by atoms with Crippen molar-refractivity contribution in [3.05, 3.63) is 54.3 Å². The van der Waals surface area contributed by atoms with Crippen LogP contribution >= 0.6 is 63.7 Å². The lowest BCUT2D eigenvalue weighted by Gasteiger charge is -2.09. The van der Waals surface area contributed by atoms with Crippen LogP contribution in [-0.2, 0) is 0 Å². The average Bonchev–Trinajstić information content (AvgIpc) is 2.21. The molecule has 0 aromatic heterocycles. The number of ether oxygens (including phenoxy) is 1. The third kappa shape index (κ3) is 3.81. The molecule has 2 aromatic carbocycles. The second-order valence-electron chi connectivity index (χ2n) is 3.28. The summed E-state index contributed by atoms with van der Waals surface area (Å²) in [4.78, 5) is 0. The number of hydrogen-bond donors (Lipinski definition) is 0. The standard InChI is InChI=1S/C12H6Br4O/c13-7-1-2-12(11(16)6-7)17-10-4-8(14)3-9(15)5-10/h1-6H. The smallest absolute Gasteiger partial charge is 0.141 e. The predicted molar refractivity (Wildman–Crippen MR) is 83.8 cm³/mol. The Morgan fingerprint density at radius 3 is 1.94 bits per heavy atom. The van der Waals surface area contributed by atoms with E-state index < -0.39 is 0 Å². The Kier molecular flexibility index (Phi) is 4.69. The molecule has 5 heteroatoms. The van der Waals surface area contributed by atoms with Gasteiger partial charge in [0.2, 0.25) is 0 Å². The molecule has 88 valence electrons. The fourth-order valence-electron chi connectivity index (χ4n) is 1.27. The van der Waals surface area contributed by atoms with Crippen molar-refractivity contribution < 1.29 is 4.74 Å². The molecular weight excluding hydrogens is 480 g/mol. The van der Waals surface area contributed by atoms with Crippen LogP contribution in [0.25, 0.3) is 0 Å². The van der Waals surface area contributed by atoms with Crippen molar-refractivity contribution in [1.82, 2.24) is 0 Å². The maximum absolute atomic E-state index is 5.80. The zero-order chi connectivity index (χ0) is 12.4. The molecule has 0 heterocycles. The van der Waals surface area contributed by atoms with Gasteiger partial charge < -0.3 is 4.74 Å². The van der Waals surface area contributed by atoms with E-state index in [1.165, 1.54) is 0 Å². The van der Waals surface area contributed by atoms with Crippen molar-refractivity contribution in [3.63, 3.8) is 0 Å². The summed E-state index contributed by atoms with van der Waals surface area (Å²) in [5.41, 5.74) is 0. The van der Waals surface area contributed by atoms with Crippen molar-refractivity contribution in [1.29, 1.82) is 0 Å². The Morgan fingerprint density at radius 2 is 1.35 bits per heavy atom. The van der Waals surface area contributed by atoms with E-state index in [0.29, 0.717) is 0 Å². The Balaban J connectivity index is 2.31. The van der Waals surface area contributed by atoms with E-state index in [0.717, 1.165) is 29.4 Å². The number of rotatable bonds is 2. The molecule has 0 bridgehead atoms. The Labute approximate surface area is 133 Å². The summed E-state index contributed by atoms with van der Waals surface area (Å²) in [6.07, 6.45) is 0. The Hall–Kier alpha value is 0.160. The molecule has 0 fully saturated rings. The molecule has 17 heavy (non-hydrogen) atoms. The van der Waals surface area contributed by atoms with Gasteiger partial charge in [-0.15, -0.1) is 0 Å². The SMILES string of the molecule is Brc1cc(Br)cc(Oc2ccc(Br)cc2Br)c1. The molecule has 1 nitrogen and oxygen atoms in total. The van der Waals surface area contributed by atoms with Gasteiger partial charge in [-0.25, -0.2) is 0 Å². The normalized spacial score (nSPS) is 10.4. The van der Waals surface area contributed by atoms with Crippen LogP contribution in [0, 0.1) is 0 Å². The van der Waals surface area contributed by atoms with Crippen LogP contribution in [-0.4, -0.2) is 0 Å². The minimum Gasteiger partial charge on any atom is -0.456 e. The Bertz CT molecular complexity index is 534. The van der Waals surface area contributed by atoms with E-state index in [2.05, 4.69) is 63.7 Å². The molecule has 0 saturated carbocycles. The van der Waals surface area contributed by atoms with E-state index in [4.69, 9.17) is 4.74 Å². The molecule has 0 N–H and O–H groups in total. The molecule has 2 aromatic rings. The third-order valence-corrected chi connectivity index (χ3v) is 3.99. The van der Waals surface area contributed by atoms with Crippen LogP contribution in [0.4, 0.5) is 0 Å². The predicted octanol–water partition coefficient (Wildman–Crippen LogP) is 6.53. The fraction of sp³-hybridized carbons (Fsp3) is 0. The molecule has 0 aliphatic carbocycles. The maximum atomic E-state index is 5.80. The first-order valence-electron chi connectivity index (χ1n) is 4.63. The molecule has 2 rings (SSSR count). The van der Waals surface area contributed by atoms with Crippen LogP contribution in [0.15, 0.2) is 54.3 Å². The average molecular weight is 486 g/mol. The van der Waals surface area contributed by atoms with Gasteiger partial charge in [-0.3, -0.25) is 0 Å². The first-order chi connectivity index (χ1) is 8.04. The lowest BCUT2D eigenvalue weighted by Crippen LogP contribution is -1.86. The van der Waals surface area contributed by atoms with E-state index in [1.807, 2.05) is 36.4 Å². The van der Waals surface area contributed by atoms with Crippen LogP contribution < -0.4 is 4.74 Å². The highest BCUT2D eigenvalue weighted by atomic mass is 79.9. The fourth-order valence-corrected chi connectivity index (χ4v) is 3.65. The summed E-state index contributed by atoms with van der Waals surface area (Å²) >= 11 is 13.7. The highest BCUT2D eigenvalue weighted by Crippen LogP contribution is 2.34. The summed E-state index contributed by atoms with van der Waals surface area (Å²) in [5.74, 6) is 1.55. The van der Waals surface area contributed by atoms with Crippen LogP contribution in [0.5, 0.6) is 11.5 Å². The number of halogens is 4. The van der Waals surface area contributed by atoms with Gasteiger partial charge in [0.25, 0.3) is 0 Å². The van der Waals surface area contributed by atoms with Crippen molar-refractivity contribution >= 4 is 63.7 Å². The van der Waals surface area contributed by atoms with Crippen LogP contribution in [0.1, 0.15) is 0 Å². The Morgan fingerprint density at radius 1 is 0.706 bits per heavy atom. The van der Waals surface area contributed by atoms with Gasteiger partial charge in [0.15, 0.2) is 0 Å². The van der Waals surface area contributed by atoms with Gasteiger partial charge >= 0.3 is 0 Å². The van der Waals surface area contributed by atoms with Crippen LogP contribution in [0.2, 0.25) is 0 Å². The monoisotopic (exact) mass is 482 g/mol. The van der Waals surface area contributed by atoms with Crippen molar-refractivity contribution in [3.8, 4) is 11.5 Å². The molecule has 0 amide bonds. The summed E-state index contributed by atoms with van der Waals surface area (Å²) in [7, 11) is 0. The molecule has 0 aliphatic rings. The summed E-state index contributed by atoms with van der Waals surface area (Å²) in [6, 6.07) is 11.6.